The van der Waals surface area contributed by atoms with Gasteiger partial charge in [-0.3, -0.25) is 4.79 Å². The molecule has 2 heteroatoms. The van der Waals surface area contributed by atoms with E-state index < -0.39 is 0 Å². The Labute approximate surface area is 119 Å². The van der Waals surface area contributed by atoms with Crippen molar-refractivity contribution in [3.8, 4) is 0 Å². The molecular weight excluding hydrogens is 246 g/mol. The van der Waals surface area contributed by atoms with Gasteiger partial charge >= 0.3 is 0 Å². The Morgan fingerprint density at radius 1 is 1.10 bits per heavy atom. The number of carbonyl (C=O) groups excluding carboxylic acids is 1. The van der Waals surface area contributed by atoms with Crippen molar-refractivity contribution in [1.29, 1.82) is 0 Å². The zero-order chi connectivity index (χ0) is 14.1. The maximum absolute atomic E-state index is 12.4. The summed E-state index contributed by atoms with van der Waals surface area (Å²) >= 11 is 0. The van der Waals surface area contributed by atoms with Crippen molar-refractivity contribution in [2.24, 2.45) is 0 Å². The van der Waals surface area contributed by atoms with Crippen LogP contribution in [0.1, 0.15) is 32.6 Å². The molecule has 1 aliphatic rings. The van der Waals surface area contributed by atoms with Crippen molar-refractivity contribution < 1.29 is 4.79 Å². The van der Waals surface area contributed by atoms with Crippen LogP contribution in [0.2, 0.25) is 0 Å². The topological polar surface area (TPSA) is 29.1 Å². The number of aryl methyl sites for hydroxylation is 2. The smallest absolute Gasteiger partial charge is 0.167 e. The van der Waals surface area contributed by atoms with Crippen LogP contribution < -0.4 is 5.32 Å². The molecule has 2 nitrogen and oxygen atoms in total. The Hall–Kier alpha value is -2.09. The first-order valence-corrected chi connectivity index (χ1v) is 7.09. The molecule has 1 aliphatic heterocycles. The Morgan fingerprint density at radius 3 is 2.60 bits per heavy atom. The van der Waals surface area contributed by atoms with E-state index in [9.17, 15) is 4.79 Å². The molecule has 0 bridgehead atoms. The lowest BCUT2D eigenvalue weighted by atomic mass is 9.98. The maximum Gasteiger partial charge on any atom is 0.167 e. The molecule has 0 aromatic heterocycles. The Balaban J connectivity index is 1.82. The molecule has 0 aliphatic carbocycles. The van der Waals surface area contributed by atoms with E-state index in [2.05, 4.69) is 37.4 Å². The maximum atomic E-state index is 12.4. The highest BCUT2D eigenvalue weighted by atomic mass is 16.1. The van der Waals surface area contributed by atoms with Gasteiger partial charge in [0.25, 0.3) is 0 Å². The van der Waals surface area contributed by atoms with Crippen molar-refractivity contribution in [2.75, 3.05) is 11.9 Å². The number of hydrogen-bond donors (Lipinski definition) is 1. The molecule has 0 atom stereocenters. The van der Waals surface area contributed by atoms with Crippen molar-refractivity contribution in [1.82, 2.24) is 0 Å². The predicted molar refractivity (Wildman–Crippen MR) is 82.6 cm³/mol. The Morgan fingerprint density at radius 2 is 1.85 bits per heavy atom. The summed E-state index contributed by atoms with van der Waals surface area (Å²) in [7, 11) is 0. The number of hydrogen-bond acceptors (Lipinski definition) is 2. The average molecular weight is 265 g/mol. The summed E-state index contributed by atoms with van der Waals surface area (Å²) < 4.78 is 0. The van der Waals surface area contributed by atoms with Gasteiger partial charge in [-0.15, -0.1) is 0 Å². The molecule has 0 amide bonds. The van der Waals surface area contributed by atoms with Crippen LogP contribution in [0.3, 0.4) is 0 Å². The van der Waals surface area contributed by atoms with Gasteiger partial charge < -0.3 is 5.32 Å². The fourth-order valence-electron chi connectivity index (χ4n) is 2.94. The third kappa shape index (κ3) is 2.60. The van der Waals surface area contributed by atoms with Gasteiger partial charge in [-0.05, 0) is 49.6 Å². The number of nitrogens with one attached hydrogen (secondary N) is 1. The van der Waals surface area contributed by atoms with Crippen LogP contribution in [-0.4, -0.2) is 12.3 Å². The number of carbonyl (C=O) groups is 1. The van der Waals surface area contributed by atoms with Gasteiger partial charge in [0.1, 0.15) is 0 Å². The van der Waals surface area contributed by atoms with E-state index >= 15 is 0 Å². The monoisotopic (exact) mass is 265 g/mol. The van der Waals surface area contributed by atoms with E-state index in [1.54, 1.807) is 0 Å². The van der Waals surface area contributed by atoms with E-state index in [0.717, 1.165) is 24.1 Å². The summed E-state index contributed by atoms with van der Waals surface area (Å²) in [6.07, 6.45) is 1.49. The van der Waals surface area contributed by atoms with E-state index in [4.69, 9.17) is 0 Å². The minimum absolute atomic E-state index is 0.199. The number of ketones is 1. The first-order valence-electron chi connectivity index (χ1n) is 7.09. The fraction of sp³-hybridized carbons (Fsp3) is 0.278. The van der Waals surface area contributed by atoms with E-state index in [1.165, 1.54) is 22.4 Å². The molecule has 0 radical (unpaired) electrons. The SMILES string of the molecule is Cc1cc(C)cc(CC(=O)c2ccc3c(c2)CCN3)c1. The third-order valence-corrected chi connectivity index (χ3v) is 3.78. The summed E-state index contributed by atoms with van der Waals surface area (Å²) in [6, 6.07) is 12.3. The van der Waals surface area contributed by atoms with Crippen molar-refractivity contribution in [2.45, 2.75) is 26.7 Å². The third-order valence-electron chi connectivity index (χ3n) is 3.78. The molecule has 2 aromatic rings. The largest absolute Gasteiger partial charge is 0.384 e. The Bertz CT molecular complexity index is 653. The summed E-state index contributed by atoms with van der Waals surface area (Å²) in [5.41, 5.74) is 6.79. The van der Waals surface area contributed by atoms with Gasteiger partial charge in [-0.25, -0.2) is 0 Å². The fourth-order valence-corrected chi connectivity index (χ4v) is 2.94. The van der Waals surface area contributed by atoms with Gasteiger partial charge in [0.05, 0.1) is 0 Å². The van der Waals surface area contributed by atoms with E-state index in [0.29, 0.717) is 6.42 Å². The number of Topliss-reactive ketones (excluding diaryl/α,β-unsaturated/α-hetero) is 1. The number of rotatable bonds is 3. The molecule has 0 unspecified atom stereocenters. The number of anilines is 1. The molecule has 2 aromatic carbocycles. The molecule has 3 rings (SSSR count). The second-order valence-electron chi connectivity index (χ2n) is 5.64. The van der Waals surface area contributed by atoms with E-state index in [-0.39, 0.29) is 5.78 Å². The zero-order valence-electron chi connectivity index (χ0n) is 12.0. The molecule has 0 spiro atoms. The van der Waals surface area contributed by atoms with Crippen molar-refractivity contribution in [3.63, 3.8) is 0 Å². The van der Waals surface area contributed by atoms with Gasteiger partial charge in [0.2, 0.25) is 0 Å². The minimum Gasteiger partial charge on any atom is -0.384 e. The van der Waals surface area contributed by atoms with Gasteiger partial charge in [0, 0.05) is 24.2 Å². The van der Waals surface area contributed by atoms with Gasteiger partial charge in [0.15, 0.2) is 5.78 Å². The average Bonchev–Trinajstić information content (AvgIpc) is 2.84. The molecule has 102 valence electrons. The number of fused-ring (bicyclic) bond motifs is 1. The summed E-state index contributed by atoms with van der Waals surface area (Å²) in [5, 5.41) is 3.32. The Kier molecular flexibility index (Phi) is 3.31. The molecule has 0 saturated heterocycles. The lowest BCUT2D eigenvalue weighted by Crippen LogP contribution is -2.04. The first-order chi connectivity index (χ1) is 9.61. The van der Waals surface area contributed by atoms with Crippen molar-refractivity contribution in [3.05, 3.63) is 64.2 Å². The van der Waals surface area contributed by atoms with Crippen LogP contribution in [0, 0.1) is 13.8 Å². The lowest BCUT2D eigenvalue weighted by Gasteiger charge is -2.06. The van der Waals surface area contributed by atoms with Crippen LogP contribution in [0.5, 0.6) is 0 Å². The molecule has 1 heterocycles. The summed E-state index contributed by atoms with van der Waals surface area (Å²) in [6.45, 7) is 5.12. The van der Waals surface area contributed by atoms with Gasteiger partial charge in [-0.1, -0.05) is 29.3 Å². The van der Waals surface area contributed by atoms with Crippen LogP contribution >= 0.6 is 0 Å². The first kappa shape index (κ1) is 12.9. The van der Waals surface area contributed by atoms with Gasteiger partial charge in [-0.2, -0.15) is 0 Å². The predicted octanol–water partition coefficient (Wildman–Crippen LogP) is 3.70. The molecular formula is C18H19NO. The second-order valence-corrected chi connectivity index (χ2v) is 5.64. The van der Waals surface area contributed by atoms with Crippen LogP contribution in [0.25, 0.3) is 0 Å². The molecule has 0 saturated carbocycles. The van der Waals surface area contributed by atoms with E-state index in [1.807, 2.05) is 18.2 Å². The van der Waals surface area contributed by atoms with Crippen LogP contribution in [-0.2, 0) is 12.8 Å². The highest BCUT2D eigenvalue weighted by molar-refractivity contribution is 5.98. The minimum atomic E-state index is 0.199. The zero-order valence-corrected chi connectivity index (χ0v) is 12.0. The normalized spacial score (nSPS) is 12.9. The standard InChI is InChI=1S/C18H19NO/c1-12-7-13(2)9-14(8-12)10-18(20)16-3-4-17-15(11-16)5-6-19-17/h3-4,7-9,11,19H,5-6,10H2,1-2H3. The second kappa shape index (κ2) is 5.12. The summed E-state index contributed by atoms with van der Waals surface area (Å²) in [5.74, 6) is 0.199. The summed E-state index contributed by atoms with van der Waals surface area (Å²) in [4.78, 5) is 12.4. The molecule has 20 heavy (non-hydrogen) atoms. The molecule has 0 fully saturated rings. The number of benzene rings is 2. The van der Waals surface area contributed by atoms with Crippen LogP contribution in [0.4, 0.5) is 5.69 Å². The van der Waals surface area contributed by atoms with Crippen LogP contribution in [0.15, 0.2) is 36.4 Å². The quantitative estimate of drug-likeness (QED) is 0.857. The highest BCUT2D eigenvalue weighted by Crippen LogP contribution is 2.23. The van der Waals surface area contributed by atoms with Crippen molar-refractivity contribution >= 4 is 11.5 Å². The lowest BCUT2D eigenvalue weighted by molar-refractivity contribution is 0.0993. The highest BCUT2D eigenvalue weighted by Gasteiger charge is 2.14. The molecule has 1 N–H and O–H groups in total.